The molecule has 1 spiro atoms. The molecule has 0 saturated carbocycles. The van der Waals surface area contributed by atoms with Crippen molar-refractivity contribution in [1.82, 2.24) is 14.5 Å². The molecule has 3 aliphatic heterocycles. The van der Waals surface area contributed by atoms with E-state index in [0.717, 1.165) is 25.9 Å². The maximum absolute atomic E-state index is 13.0. The summed E-state index contributed by atoms with van der Waals surface area (Å²) in [5.74, 6) is 0.338. The van der Waals surface area contributed by atoms with Crippen LogP contribution >= 0.6 is 0 Å². The third kappa shape index (κ3) is 3.92. The molecule has 9 heteroatoms. The van der Waals surface area contributed by atoms with Crippen molar-refractivity contribution in [3.63, 3.8) is 0 Å². The molecule has 3 atom stereocenters. The van der Waals surface area contributed by atoms with E-state index in [-0.39, 0.29) is 23.1 Å². The molecule has 0 aliphatic carbocycles. The lowest BCUT2D eigenvalue weighted by Crippen LogP contribution is -2.58. The summed E-state index contributed by atoms with van der Waals surface area (Å²) in [6, 6.07) is 6.22. The van der Waals surface area contributed by atoms with Crippen molar-refractivity contribution in [2.75, 3.05) is 25.0 Å². The van der Waals surface area contributed by atoms with Crippen molar-refractivity contribution in [3.05, 3.63) is 24.3 Å². The minimum Gasteiger partial charge on any atom is -0.365 e. The lowest BCUT2D eigenvalue weighted by atomic mass is 9.99. The van der Waals surface area contributed by atoms with Gasteiger partial charge in [-0.3, -0.25) is 9.59 Å². The second kappa shape index (κ2) is 7.85. The van der Waals surface area contributed by atoms with Crippen molar-refractivity contribution in [3.8, 4) is 0 Å². The average molecular weight is 435 g/mol. The number of carbonyl (C=O) groups is 2. The number of likely N-dealkylation sites (tertiary alicyclic amines) is 2. The normalized spacial score (nSPS) is 29.7. The monoisotopic (exact) mass is 434 g/mol. The molecule has 164 valence electrons. The van der Waals surface area contributed by atoms with Crippen LogP contribution in [0.5, 0.6) is 0 Å². The van der Waals surface area contributed by atoms with Gasteiger partial charge in [0.05, 0.1) is 5.69 Å². The van der Waals surface area contributed by atoms with Crippen LogP contribution in [0.25, 0.3) is 0 Å². The Labute approximate surface area is 178 Å². The molecular formula is C21H30N4O4S. The Bertz CT molecular complexity index is 950. The predicted molar refractivity (Wildman–Crippen MR) is 113 cm³/mol. The molecule has 8 nitrogen and oxygen atoms in total. The number of anilines is 1. The van der Waals surface area contributed by atoms with E-state index in [1.165, 1.54) is 0 Å². The number of rotatable bonds is 2. The second-order valence-corrected chi connectivity index (χ2v) is 10.5. The number of carbonyl (C=O) groups excluding carboxylic acids is 2. The Morgan fingerprint density at radius 3 is 2.77 bits per heavy atom. The number of hydrogen-bond acceptors (Lipinski definition) is 5. The topological polar surface area (TPSA) is 98.8 Å². The number of para-hydroxylation sites is 1. The zero-order chi connectivity index (χ0) is 21.5. The van der Waals surface area contributed by atoms with E-state index in [9.17, 15) is 18.0 Å². The zero-order valence-corrected chi connectivity index (χ0v) is 18.4. The Hall–Kier alpha value is -2.13. The molecule has 0 radical (unpaired) electrons. The van der Waals surface area contributed by atoms with Gasteiger partial charge in [-0.2, -0.15) is 4.72 Å². The first kappa shape index (κ1) is 21.1. The predicted octanol–water partition coefficient (Wildman–Crippen LogP) is 1.75. The van der Waals surface area contributed by atoms with Gasteiger partial charge in [-0.1, -0.05) is 19.1 Å². The molecule has 2 saturated heterocycles. The van der Waals surface area contributed by atoms with Crippen LogP contribution in [-0.2, 0) is 19.6 Å². The van der Waals surface area contributed by atoms with Crippen molar-refractivity contribution >= 4 is 27.5 Å². The van der Waals surface area contributed by atoms with Gasteiger partial charge in [0.25, 0.3) is 0 Å². The number of benzene rings is 1. The number of piperidine rings is 1. The summed E-state index contributed by atoms with van der Waals surface area (Å²) in [5, 5.41) is 3.32. The molecule has 2 amide bonds. The van der Waals surface area contributed by atoms with Gasteiger partial charge in [0.2, 0.25) is 21.8 Å². The number of nitrogens with zero attached hydrogens (tertiary/aromatic N) is 2. The van der Waals surface area contributed by atoms with Crippen molar-refractivity contribution in [1.29, 1.82) is 0 Å². The van der Waals surface area contributed by atoms with Gasteiger partial charge in [0, 0.05) is 32.5 Å². The first-order valence-electron chi connectivity index (χ1n) is 10.7. The van der Waals surface area contributed by atoms with E-state index in [2.05, 4.69) is 17.0 Å². The van der Waals surface area contributed by atoms with Gasteiger partial charge in [-0.25, -0.2) is 8.42 Å². The number of fused-ring (bicyclic) bond motifs is 1. The first-order valence-corrected chi connectivity index (χ1v) is 12.2. The van der Waals surface area contributed by atoms with Crippen LogP contribution in [0.4, 0.5) is 5.69 Å². The Kier molecular flexibility index (Phi) is 5.52. The van der Waals surface area contributed by atoms with E-state index in [1.807, 2.05) is 4.90 Å². The number of amides is 2. The number of sulfonamides is 1. The van der Waals surface area contributed by atoms with Gasteiger partial charge in [0.15, 0.2) is 0 Å². The van der Waals surface area contributed by atoms with Crippen LogP contribution in [-0.4, -0.2) is 61.4 Å². The van der Waals surface area contributed by atoms with Crippen LogP contribution in [0.15, 0.2) is 29.2 Å². The maximum Gasteiger partial charge on any atom is 0.245 e. The van der Waals surface area contributed by atoms with Crippen molar-refractivity contribution in [2.45, 2.75) is 62.6 Å². The fraction of sp³-hybridized carbons (Fsp3) is 0.619. The van der Waals surface area contributed by atoms with Crippen LogP contribution in [0.2, 0.25) is 0 Å². The molecule has 3 aliphatic rings. The quantitative estimate of drug-likeness (QED) is 0.739. The van der Waals surface area contributed by atoms with Gasteiger partial charge in [0.1, 0.15) is 16.6 Å². The Balaban J connectivity index is 1.52. The molecule has 4 rings (SSSR count). The molecule has 0 aromatic heterocycles. The molecule has 0 bridgehead atoms. The summed E-state index contributed by atoms with van der Waals surface area (Å²) >= 11 is 0. The Morgan fingerprint density at radius 2 is 2.00 bits per heavy atom. The van der Waals surface area contributed by atoms with Crippen LogP contribution in [0.3, 0.4) is 0 Å². The summed E-state index contributed by atoms with van der Waals surface area (Å²) in [6.07, 6.45) is 3.00. The minimum atomic E-state index is -3.68. The molecule has 1 aromatic rings. The standard InChI is InChI=1S/C21H30N4O4S/c1-15-6-5-12-24(14-15)20(27)16(2)25-13-11-21(10-9-19(25)26)22-17-7-3-4-8-18(17)30(28,29)23-21/h3-4,7-8,15-16,22-23H,5-6,9-14H2,1-2H3/t15-,16-,21-/m0/s1. The number of nitrogens with one attached hydrogen (secondary N) is 2. The molecule has 30 heavy (non-hydrogen) atoms. The highest BCUT2D eigenvalue weighted by Crippen LogP contribution is 2.35. The molecule has 1 aromatic carbocycles. The summed E-state index contributed by atoms with van der Waals surface area (Å²) < 4.78 is 28.4. The fourth-order valence-electron chi connectivity index (χ4n) is 4.85. The summed E-state index contributed by atoms with van der Waals surface area (Å²) in [5.41, 5.74) is -0.386. The molecule has 2 N–H and O–H groups in total. The molecular weight excluding hydrogens is 404 g/mol. The van der Waals surface area contributed by atoms with E-state index in [1.54, 1.807) is 36.1 Å². The molecule has 0 unspecified atom stereocenters. The summed E-state index contributed by atoms with van der Waals surface area (Å²) in [4.78, 5) is 29.6. The SMILES string of the molecule is C[C@H]1CCCN(C(=O)[C@H](C)N2CC[C@@]3(CCC2=O)Nc2ccccc2S(=O)(=O)N3)C1. The van der Waals surface area contributed by atoms with Gasteiger partial charge in [-0.15, -0.1) is 0 Å². The molecule has 2 fully saturated rings. The highest BCUT2D eigenvalue weighted by molar-refractivity contribution is 7.89. The van der Waals surface area contributed by atoms with Crippen molar-refractivity contribution < 1.29 is 18.0 Å². The minimum absolute atomic E-state index is 0.0200. The van der Waals surface area contributed by atoms with E-state index in [0.29, 0.717) is 31.0 Å². The van der Waals surface area contributed by atoms with Crippen LogP contribution in [0.1, 0.15) is 46.0 Å². The highest BCUT2D eigenvalue weighted by atomic mass is 32.2. The second-order valence-electron chi connectivity index (χ2n) is 8.85. The summed E-state index contributed by atoms with van der Waals surface area (Å²) in [6.45, 7) is 5.70. The lowest BCUT2D eigenvalue weighted by Gasteiger charge is -2.40. The maximum atomic E-state index is 13.0. The largest absolute Gasteiger partial charge is 0.365 e. The van der Waals surface area contributed by atoms with Crippen LogP contribution < -0.4 is 10.0 Å². The fourth-order valence-corrected chi connectivity index (χ4v) is 6.39. The van der Waals surface area contributed by atoms with Gasteiger partial charge < -0.3 is 15.1 Å². The average Bonchev–Trinajstić information content (AvgIpc) is 2.85. The van der Waals surface area contributed by atoms with Crippen molar-refractivity contribution in [2.24, 2.45) is 5.92 Å². The Morgan fingerprint density at radius 1 is 1.23 bits per heavy atom. The highest BCUT2D eigenvalue weighted by Gasteiger charge is 2.44. The third-order valence-corrected chi connectivity index (χ3v) is 8.13. The first-order chi connectivity index (χ1) is 14.2. The zero-order valence-electron chi connectivity index (χ0n) is 17.6. The van der Waals surface area contributed by atoms with Gasteiger partial charge >= 0.3 is 0 Å². The van der Waals surface area contributed by atoms with E-state index >= 15 is 0 Å². The third-order valence-electron chi connectivity index (χ3n) is 6.54. The number of hydrogen-bond donors (Lipinski definition) is 2. The van der Waals surface area contributed by atoms with E-state index < -0.39 is 21.7 Å². The smallest absolute Gasteiger partial charge is 0.245 e. The van der Waals surface area contributed by atoms with Gasteiger partial charge in [-0.05, 0) is 44.2 Å². The van der Waals surface area contributed by atoms with E-state index in [4.69, 9.17) is 0 Å². The van der Waals surface area contributed by atoms with Crippen LogP contribution in [0, 0.1) is 5.92 Å². The lowest BCUT2D eigenvalue weighted by molar-refractivity contribution is -0.145. The molecule has 3 heterocycles. The summed E-state index contributed by atoms with van der Waals surface area (Å²) in [7, 11) is -3.68.